The molecule has 0 bridgehead atoms. The zero-order chi connectivity index (χ0) is 25.9. The van der Waals surface area contributed by atoms with E-state index < -0.39 is 35.0 Å². The summed E-state index contributed by atoms with van der Waals surface area (Å²) in [5.41, 5.74) is -4.37. The Balaban J connectivity index is 1.83. The largest absolute Gasteiger partial charge is 0.497 e. The van der Waals surface area contributed by atoms with E-state index in [4.69, 9.17) is 18.9 Å². The second kappa shape index (κ2) is 8.31. The smallest absolute Gasteiger partial charge is 0.416 e. The lowest BCUT2D eigenvalue weighted by Crippen LogP contribution is -2.52. The lowest BCUT2D eigenvalue weighted by molar-refractivity contribution is -0.152. The molecule has 1 fully saturated rings. The van der Waals surface area contributed by atoms with E-state index in [1.54, 1.807) is 24.3 Å². The van der Waals surface area contributed by atoms with Gasteiger partial charge in [-0.05, 0) is 35.7 Å². The molecule has 1 heterocycles. The molecule has 9 heteroatoms. The molecule has 1 aliphatic carbocycles. The van der Waals surface area contributed by atoms with Crippen LogP contribution in [0.3, 0.4) is 0 Å². The van der Waals surface area contributed by atoms with Crippen LogP contribution in [0.4, 0.5) is 13.2 Å². The minimum Gasteiger partial charge on any atom is -0.497 e. The number of rotatable bonds is 5. The summed E-state index contributed by atoms with van der Waals surface area (Å²) in [6.07, 6.45) is -6.32. The fourth-order valence-electron chi connectivity index (χ4n) is 5.77. The van der Waals surface area contributed by atoms with E-state index in [-0.39, 0.29) is 29.0 Å². The number of hydrogen-bond donors (Lipinski definition) is 2. The highest BCUT2D eigenvalue weighted by Gasteiger charge is 2.74. The molecular formula is C27H25F3O6. The molecule has 0 spiro atoms. The van der Waals surface area contributed by atoms with Gasteiger partial charge in [-0.25, -0.2) is 0 Å². The van der Waals surface area contributed by atoms with Crippen molar-refractivity contribution in [2.24, 2.45) is 0 Å². The molecule has 0 aromatic heterocycles. The van der Waals surface area contributed by atoms with Crippen LogP contribution in [0.25, 0.3) is 0 Å². The second-order valence-corrected chi connectivity index (χ2v) is 8.92. The summed E-state index contributed by atoms with van der Waals surface area (Å²) in [6, 6.07) is 14.7. The van der Waals surface area contributed by atoms with Crippen molar-refractivity contribution in [1.82, 2.24) is 0 Å². The van der Waals surface area contributed by atoms with Gasteiger partial charge in [-0.1, -0.05) is 30.3 Å². The molecule has 4 unspecified atom stereocenters. The maximum Gasteiger partial charge on any atom is 0.416 e. The first-order valence-electron chi connectivity index (χ1n) is 11.3. The van der Waals surface area contributed by atoms with Gasteiger partial charge < -0.3 is 29.2 Å². The van der Waals surface area contributed by atoms with Crippen molar-refractivity contribution < 1.29 is 42.3 Å². The average molecular weight is 502 g/mol. The van der Waals surface area contributed by atoms with Gasteiger partial charge in [0.15, 0.2) is 11.2 Å². The predicted octanol–water partition coefficient (Wildman–Crippen LogP) is 4.76. The molecule has 0 amide bonds. The first-order valence-corrected chi connectivity index (χ1v) is 11.3. The molecule has 1 aliphatic heterocycles. The minimum atomic E-state index is -4.66. The van der Waals surface area contributed by atoms with E-state index in [1.807, 2.05) is 0 Å². The lowest BCUT2D eigenvalue weighted by atomic mass is 9.70. The van der Waals surface area contributed by atoms with Gasteiger partial charge in [0.2, 0.25) is 0 Å². The zero-order valence-corrected chi connectivity index (χ0v) is 19.8. The van der Waals surface area contributed by atoms with Crippen LogP contribution in [0, 0.1) is 0 Å². The number of alkyl halides is 3. The third-order valence-electron chi connectivity index (χ3n) is 7.31. The quantitative estimate of drug-likeness (QED) is 0.524. The predicted molar refractivity (Wildman–Crippen MR) is 124 cm³/mol. The van der Waals surface area contributed by atoms with Gasteiger partial charge in [0.25, 0.3) is 0 Å². The molecule has 3 aromatic rings. The Morgan fingerprint density at radius 1 is 0.917 bits per heavy atom. The van der Waals surface area contributed by atoms with Crippen LogP contribution in [0.15, 0.2) is 60.7 Å². The monoisotopic (exact) mass is 502 g/mol. The number of aliphatic hydroxyl groups excluding tert-OH is 1. The van der Waals surface area contributed by atoms with E-state index in [2.05, 4.69) is 0 Å². The summed E-state index contributed by atoms with van der Waals surface area (Å²) in [6.45, 7) is 0. The molecule has 5 rings (SSSR count). The number of hydrogen-bond acceptors (Lipinski definition) is 6. The first kappa shape index (κ1) is 24.3. The normalized spacial score (nSPS) is 26.7. The Kier molecular flexibility index (Phi) is 5.61. The van der Waals surface area contributed by atoms with Crippen molar-refractivity contribution in [3.63, 3.8) is 0 Å². The Morgan fingerprint density at radius 2 is 1.58 bits per heavy atom. The molecule has 3 aromatic carbocycles. The molecule has 36 heavy (non-hydrogen) atoms. The SMILES string of the molecule is COc1ccc(C23Oc4cc(OC)cc(OC)c4C2(O)C(O)CC3c2ccccc2C(F)(F)F)cc1. The maximum absolute atomic E-state index is 14.1. The highest BCUT2D eigenvalue weighted by Crippen LogP contribution is 2.69. The van der Waals surface area contributed by atoms with Crippen molar-refractivity contribution >= 4 is 0 Å². The Bertz CT molecular complexity index is 1290. The minimum absolute atomic E-state index is 0.0884. The molecular weight excluding hydrogens is 477 g/mol. The number of methoxy groups -OCH3 is 3. The molecule has 2 N–H and O–H groups in total. The Morgan fingerprint density at radius 3 is 2.19 bits per heavy atom. The van der Waals surface area contributed by atoms with Crippen LogP contribution in [0.1, 0.15) is 34.6 Å². The second-order valence-electron chi connectivity index (χ2n) is 8.92. The van der Waals surface area contributed by atoms with Gasteiger partial charge in [0, 0.05) is 18.1 Å². The Hall–Kier alpha value is -3.43. The number of benzene rings is 3. The average Bonchev–Trinajstić information content (AvgIpc) is 3.28. The summed E-state index contributed by atoms with van der Waals surface area (Å²) >= 11 is 0. The first-order chi connectivity index (χ1) is 17.1. The van der Waals surface area contributed by atoms with Crippen molar-refractivity contribution in [3.05, 3.63) is 82.9 Å². The molecule has 190 valence electrons. The standard InChI is InChI=1S/C27H25F3O6/c1-33-16-10-8-15(9-11-16)26-20(18-6-4-5-7-19(18)27(28,29)30)14-23(31)25(26,32)24-21(35-3)12-17(34-2)13-22(24)36-26/h4-13,20,23,31-32H,14H2,1-3H3. The van der Waals surface area contributed by atoms with Crippen molar-refractivity contribution in [2.45, 2.75) is 35.8 Å². The summed E-state index contributed by atoms with van der Waals surface area (Å²) < 4.78 is 65.0. The van der Waals surface area contributed by atoms with Gasteiger partial charge in [-0.2, -0.15) is 13.2 Å². The number of aliphatic hydroxyl groups is 2. The van der Waals surface area contributed by atoms with Crippen LogP contribution in [-0.2, 0) is 17.4 Å². The van der Waals surface area contributed by atoms with Crippen LogP contribution >= 0.6 is 0 Å². The van der Waals surface area contributed by atoms with Crippen LogP contribution in [0.2, 0.25) is 0 Å². The number of halogens is 3. The Labute approximate surface area is 205 Å². The fraction of sp³-hybridized carbons (Fsp3) is 0.333. The van der Waals surface area contributed by atoms with Gasteiger partial charge in [0.05, 0.1) is 38.6 Å². The summed E-state index contributed by atoms with van der Waals surface area (Å²) in [5, 5.41) is 23.8. The highest BCUT2D eigenvalue weighted by molar-refractivity contribution is 5.62. The van der Waals surface area contributed by atoms with Gasteiger partial charge in [-0.15, -0.1) is 0 Å². The van der Waals surface area contributed by atoms with Crippen molar-refractivity contribution in [2.75, 3.05) is 21.3 Å². The summed E-state index contributed by atoms with van der Waals surface area (Å²) in [5.74, 6) is 0.135. The lowest BCUT2D eigenvalue weighted by Gasteiger charge is -2.41. The summed E-state index contributed by atoms with van der Waals surface area (Å²) in [4.78, 5) is 0. The molecule has 1 saturated carbocycles. The molecule has 0 radical (unpaired) electrons. The summed E-state index contributed by atoms with van der Waals surface area (Å²) in [7, 11) is 4.33. The fourth-order valence-corrected chi connectivity index (χ4v) is 5.77. The van der Waals surface area contributed by atoms with Crippen LogP contribution < -0.4 is 18.9 Å². The van der Waals surface area contributed by atoms with E-state index in [0.717, 1.165) is 6.07 Å². The third kappa shape index (κ3) is 3.19. The van der Waals surface area contributed by atoms with E-state index in [0.29, 0.717) is 17.1 Å². The molecule has 6 nitrogen and oxygen atoms in total. The van der Waals surface area contributed by atoms with Gasteiger partial charge >= 0.3 is 6.18 Å². The van der Waals surface area contributed by atoms with Gasteiger partial charge in [-0.3, -0.25) is 0 Å². The number of fused-ring (bicyclic) bond motifs is 3. The number of ether oxygens (including phenoxy) is 4. The molecule has 4 atom stereocenters. The molecule has 2 aliphatic rings. The third-order valence-corrected chi connectivity index (χ3v) is 7.31. The topological polar surface area (TPSA) is 77.4 Å². The van der Waals surface area contributed by atoms with E-state index in [1.165, 1.54) is 51.7 Å². The van der Waals surface area contributed by atoms with Crippen LogP contribution in [0.5, 0.6) is 23.0 Å². The van der Waals surface area contributed by atoms with E-state index >= 15 is 0 Å². The zero-order valence-electron chi connectivity index (χ0n) is 19.8. The maximum atomic E-state index is 14.1. The molecule has 0 saturated heterocycles. The van der Waals surface area contributed by atoms with Crippen LogP contribution in [-0.4, -0.2) is 37.6 Å². The van der Waals surface area contributed by atoms with Crippen molar-refractivity contribution in [3.8, 4) is 23.0 Å². The van der Waals surface area contributed by atoms with Gasteiger partial charge in [0.1, 0.15) is 23.0 Å². The van der Waals surface area contributed by atoms with E-state index in [9.17, 15) is 23.4 Å². The van der Waals surface area contributed by atoms with Crippen molar-refractivity contribution in [1.29, 1.82) is 0 Å². The highest BCUT2D eigenvalue weighted by atomic mass is 19.4.